The Bertz CT molecular complexity index is 1220. The first kappa shape index (κ1) is 18.9. The maximum absolute atomic E-state index is 12.3. The summed E-state index contributed by atoms with van der Waals surface area (Å²) in [6.07, 6.45) is 1.48. The lowest BCUT2D eigenvalue weighted by Gasteiger charge is -2.20. The lowest BCUT2D eigenvalue weighted by atomic mass is 10.1. The molecule has 4 aromatic rings. The predicted octanol–water partition coefficient (Wildman–Crippen LogP) is 3.90. The second-order valence-corrected chi connectivity index (χ2v) is 7.41. The van der Waals surface area contributed by atoms with E-state index in [0.717, 1.165) is 16.8 Å². The average Bonchev–Trinajstić information content (AvgIpc) is 3.40. The van der Waals surface area contributed by atoms with Crippen LogP contribution in [0.4, 0.5) is 10.8 Å². The standard InChI is InChI=1S/C20H18N4O4S/c1-12-6-7-16(13(2)9-12)24(14(3)25)19-21-15(11-29-19)10-23-20(26)28-18(22-23)17-5-4-8-27-17/h4-9,11H,10H2,1-3H3. The van der Waals surface area contributed by atoms with E-state index in [0.29, 0.717) is 16.6 Å². The van der Waals surface area contributed by atoms with Crippen molar-refractivity contribution in [2.24, 2.45) is 0 Å². The van der Waals surface area contributed by atoms with Crippen LogP contribution < -0.4 is 10.7 Å². The second-order valence-electron chi connectivity index (χ2n) is 6.57. The van der Waals surface area contributed by atoms with E-state index in [1.165, 1.54) is 29.2 Å². The average molecular weight is 410 g/mol. The van der Waals surface area contributed by atoms with Crippen LogP contribution in [0.1, 0.15) is 23.7 Å². The lowest BCUT2D eigenvalue weighted by Crippen LogP contribution is -2.23. The Balaban J connectivity index is 1.62. The molecular formula is C20H18N4O4S. The molecule has 0 unspecified atom stereocenters. The van der Waals surface area contributed by atoms with Crippen LogP contribution in [0.5, 0.6) is 0 Å². The number of thiazole rings is 1. The number of hydrogen-bond acceptors (Lipinski definition) is 7. The minimum absolute atomic E-state index is 0.107. The minimum Gasteiger partial charge on any atom is -0.459 e. The number of carbonyl (C=O) groups excluding carboxylic acids is 1. The van der Waals surface area contributed by atoms with Crippen molar-refractivity contribution >= 4 is 28.1 Å². The lowest BCUT2D eigenvalue weighted by molar-refractivity contribution is -0.115. The molecular weight excluding hydrogens is 392 g/mol. The number of rotatable bonds is 5. The number of aromatic nitrogens is 3. The number of carbonyl (C=O) groups is 1. The van der Waals surface area contributed by atoms with Gasteiger partial charge in [0, 0.05) is 12.3 Å². The summed E-state index contributed by atoms with van der Waals surface area (Å²) in [4.78, 5) is 30.5. The van der Waals surface area contributed by atoms with Crippen LogP contribution >= 0.6 is 11.3 Å². The molecule has 29 heavy (non-hydrogen) atoms. The molecule has 0 atom stereocenters. The van der Waals surface area contributed by atoms with Crippen molar-refractivity contribution in [1.29, 1.82) is 0 Å². The molecule has 0 aliphatic heterocycles. The van der Waals surface area contributed by atoms with Crippen LogP contribution in [0.25, 0.3) is 11.7 Å². The topological polar surface area (TPSA) is 94.4 Å². The van der Waals surface area contributed by atoms with Crippen molar-refractivity contribution in [3.8, 4) is 11.7 Å². The van der Waals surface area contributed by atoms with Gasteiger partial charge in [-0.1, -0.05) is 17.7 Å². The molecule has 4 rings (SSSR count). The second kappa shape index (κ2) is 7.51. The quantitative estimate of drug-likeness (QED) is 0.495. The smallest absolute Gasteiger partial charge is 0.437 e. The maximum atomic E-state index is 12.3. The van der Waals surface area contributed by atoms with Crippen LogP contribution in [0, 0.1) is 13.8 Å². The van der Waals surface area contributed by atoms with Gasteiger partial charge in [-0.25, -0.2) is 9.78 Å². The predicted molar refractivity (Wildman–Crippen MR) is 108 cm³/mol. The van der Waals surface area contributed by atoms with Crippen LogP contribution in [0.3, 0.4) is 0 Å². The van der Waals surface area contributed by atoms with Crippen LogP contribution in [0.15, 0.2) is 55.6 Å². The molecule has 0 aliphatic rings. The number of nitrogens with zero attached hydrogens (tertiary/aromatic N) is 4. The van der Waals surface area contributed by atoms with Gasteiger partial charge in [-0.05, 0) is 37.6 Å². The normalized spacial score (nSPS) is 11.0. The van der Waals surface area contributed by atoms with E-state index in [4.69, 9.17) is 8.83 Å². The Morgan fingerprint density at radius 2 is 2.10 bits per heavy atom. The van der Waals surface area contributed by atoms with Gasteiger partial charge in [-0.3, -0.25) is 9.69 Å². The zero-order valence-electron chi connectivity index (χ0n) is 16.1. The SMILES string of the molecule is CC(=O)N(c1nc(Cn2nc(-c3ccco3)oc2=O)cs1)c1ccc(C)cc1C. The largest absolute Gasteiger partial charge is 0.459 e. The number of hydrogen-bond donors (Lipinski definition) is 0. The van der Waals surface area contributed by atoms with Gasteiger partial charge in [0.15, 0.2) is 10.9 Å². The first-order chi connectivity index (χ1) is 13.9. The zero-order valence-corrected chi connectivity index (χ0v) is 16.9. The van der Waals surface area contributed by atoms with Gasteiger partial charge < -0.3 is 8.83 Å². The number of anilines is 2. The van der Waals surface area contributed by atoms with E-state index in [2.05, 4.69) is 10.1 Å². The maximum Gasteiger partial charge on any atom is 0.437 e. The fraction of sp³-hybridized carbons (Fsp3) is 0.200. The third kappa shape index (κ3) is 3.77. The molecule has 0 saturated heterocycles. The highest BCUT2D eigenvalue weighted by molar-refractivity contribution is 7.14. The molecule has 8 nitrogen and oxygen atoms in total. The molecule has 1 aromatic carbocycles. The molecule has 148 valence electrons. The Hall–Kier alpha value is -3.46. The van der Waals surface area contributed by atoms with Gasteiger partial charge in [-0.2, -0.15) is 4.68 Å². The van der Waals surface area contributed by atoms with Gasteiger partial charge >= 0.3 is 5.76 Å². The van der Waals surface area contributed by atoms with Crippen molar-refractivity contribution < 1.29 is 13.6 Å². The van der Waals surface area contributed by atoms with E-state index in [1.807, 2.05) is 32.0 Å². The van der Waals surface area contributed by atoms with Crippen LogP contribution in [-0.2, 0) is 11.3 Å². The van der Waals surface area contributed by atoms with Crippen molar-refractivity contribution in [3.63, 3.8) is 0 Å². The van der Waals surface area contributed by atoms with E-state index in [-0.39, 0.29) is 18.3 Å². The molecule has 0 N–H and O–H groups in total. The van der Waals surface area contributed by atoms with E-state index in [9.17, 15) is 9.59 Å². The summed E-state index contributed by atoms with van der Waals surface area (Å²) in [5, 5.41) is 6.47. The summed E-state index contributed by atoms with van der Waals surface area (Å²) in [6, 6.07) is 9.23. The van der Waals surface area contributed by atoms with Crippen molar-refractivity contribution in [2.75, 3.05) is 4.90 Å². The number of amides is 1. The Kier molecular flexibility index (Phi) is 4.89. The third-order valence-electron chi connectivity index (χ3n) is 4.29. The minimum atomic E-state index is -0.608. The van der Waals surface area contributed by atoms with Gasteiger partial charge in [0.05, 0.1) is 24.2 Å². The monoisotopic (exact) mass is 410 g/mol. The zero-order chi connectivity index (χ0) is 20.5. The van der Waals surface area contributed by atoms with Gasteiger partial charge in [-0.15, -0.1) is 16.4 Å². The molecule has 3 heterocycles. The van der Waals surface area contributed by atoms with E-state index in [1.54, 1.807) is 22.4 Å². The fourth-order valence-electron chi connectivity index (χ4n) is 2.99. The Morgan fingerprint density at radius 3 is 2.79 bits per heavy atom. The molecule has 1 amide bonds. The fourth-order valence-corrected chi connectivity index (χ4v) is 3.87. The summed E-state index contributed by atoms with van der Waals surface area (Å²) < 4.78 is 11.5. The summed E-state index contributed by atoms with van der Waals surface area (Å²) in [5.74, 6) is -0.270. The third-order valence-corrected chi connectivity index (χ3v) is 5.16. The molecule has 0 radical (unpaired) electrons. The summed E-state index contributed by atoms with van der Waals surface area (Å²) in [6.45, 7) is 5.58. The number of furan rings is 1. The van der Waals surface area contributed by atoms with Gasteiger partial charge in [0.25, 0.3) is 5.89 Å². The first-order valence-electron chi connectivity index (χ1n) is 8.86. The van der Waals surface area contributed by atoms with Crippen molar-refractivity contribution in [1.82, 2.24) is 14.8 Å². The molecule has 0 fully saturated rings. The summed E-state index contributed by atoms with van der Waals surface area (Å²) >= 11 is 1.33. The van der Waals surface area contributed by atoms with Crippen LogP contribution in [-0.4, -0.2) is 20.7 Å². The van der Waals surface area contributed by atoms with Crippen molar-refractivity contribution in [2.45, 2.75) is 27.3 Å². The highest BCUT2D eigenvalue weighted by Crippen LogP contribution is 2.31. The molecule has 0 bridgehead atoms. The molecule has 9 heteroatoms. The molecule has 0 spiro atoms. The number of aryl methyl sites for hydroxylation is 2. The Labute approximate surface area is 170 Å². The van der Waals surface area contributed by atoms with Gasteiger partial charge in [0.1, 0.15) is 0 Å². The summed E-state index contributed by atoms with van der Waals surface area (Å²) in [5.41, 5.74) is 3.48. The van der Waals surface area contributed by atoms with E-state index >= 15 is 0 Å². The molecule has 0 aliphatic carbocycles. The first-order valence-corrected chi connectivity index (χ1v) is 9.74. The molecule has 3 aromatic heterocycles. The summed E-state index contributed by atoms with van der Waals surface area (Å²) in [7, 11) is 0. The van der Waals surface area contributed by atoms with Gasteiger partial charge in [0.2, 0.25) is 5.91 Å². The number of benzene rings is 1. The highest BCUT2D eigenvalue weighted by Gasteiger charge is 2.20. The van der Waals surface area contributed by atoms with E-state index < -0.39 is 5.76 Å². The highest BCUT2D eigenvalue weighted by atomic mass is 32.1. The van der Waals surface area contributed by atoms with Crippen molar-refractivity contribution in [3.05, 3.63) is 69.3 Å². The molecule has 0 saturated carbocycles. The Morgan fingerprint density at radius 1 is 1.28 bits per heavy atom. The van der Waals surface area contributed by atoms with Crippen LogP contribution in [0.2, 0.25) is 0 Å².